The van der Waals surface area contributed by atoms with Crippen molar-refractivity contribution in [2.75, 3.05) is 32.8 Å². The standard InChI is InChI=1S/C25H28FN3O2/c26-19-8-5-17(6-9-19)24(29-11-13-31-14-12-29)16-27-25(30)18-7-10-23-21(15-18)20-3-1-2-4-22(20)28-23/h5-10,15,24,28H,1-4,11-14,16H2,(H,27,30)/t24-/m0/s1. The smallest absolute Gasteiger partial charge is 0.251 e. The number of aromatic nitrogens is 1. The number of rotatable bonds is 5. The number of nitrogens with zero attached hydrogens (tertiary/aromatic N) is 1. The van der Waals surface area contributed by atoms with Gasteiger partial charge in [0.2, 0.25) is 0 Å². The van der Waals surface area contributed by atoms with Crippen molar-refractivity contribution in [1.82, 2.24) is 15.2 Å². The Labute approximate surface area is 181 Å². The van der Waals surface area contributed by atoms with Crippen molar-refractivity contribution in [1.29, 1.82) is 0 Å². The molecule has 1 aliphatic carbocycles. The van der Waals surface area contributed by atoms with Crippen molar-refractivity contribution < 1.29 is 13.9 Å². The number of amides is 1. The summed E-state index contributed by atoms with van der Waals surface area (Å²) in [4.78, 5) is 18.8. The number of nitrogens with one attached hydrogen (secondary N) is 2. The van der Waals surface area contributed by atoms with Crippen LogP contribution < -0.4 is 5.32 Å². The molecule has 0 unspecified atom stereocenters. The van der Waals surface area contributed by atoms with Gasteiger partial charge in [-0.25, -0.2) is 4.39 Å². The molecule has 31 heavy (non-hydrogen) atoms. The van der Waals surface area contributed by atoms with E-state index < -0.39 is 0 Å². The highest BCUT2D eigenvalue weighted by atomic mass is 19.1. The molecule has 1 aromatic heterocycles. The molecule has 1 saturated heterocycles. The lowest BCUT2D eigenvalue weighted by Gasteiger charge is -2.35. The van der Waals surface area contributed by atoms with Crippen LogP contribution in [-0.4, -0.2) is 48.6 Å². The Morgan fingerprint density at radius 3 is 2.68 bits per heavy atom. The third-order valence-electron chi connectivity index (χ3n) is 6.56. The largest absolute Gasteiger partial charge is 0.379 e. The van der Waals surface area contributed by atoms with Gasteiger partial charge in [-0.1, -0.05) is 12.1 Å². The third kappa shape index (κ3) is 4.23. The Morgan fingerprint density at radius 1 is 1.10 bits per heavy atom. The number of H-pyrrole nitrogens is 1. The van der Waals surface area contributed by atoms with Crippen molar-refractivity contribution in [2.45, 2.75) is 31.7 Å². The molecule has 1 aliphatic heterocycles. The molecule has 0 spiro atoms. The highest BCUT2D eigenvalue weighted by Gasteiger charge is 2.24. The summed E-state index contributed by atoms with van der Waals surface area (Å²) in [6, 6.07) is 12.5. The summed E-state index contributed by atoms with van der Waals surface area (Å²) < 4.78 is 18.9. The molecule has 0 radical (unpaired) electrons. The van der Waals surface area contributed by atoms with Gasteiger partial charge >= 0.3 is 0 Å². The minimum Gasteiger partial charge on any atom is -0.379 e. The number of benzene rings is 2. The van der Waals surface area contributed by atoms with Crippen molar-refractivity contribution in [3.05, 3.63) is 70.7 Å². The molecule has 2 N–H and O–H groups in total. The molecule has 5 nitrogen and oxygen atoms in total. The number of hydrogen-bond donors (Lipinski definition) is 2. The molecule has 2 heterocycles. The number of carbonyl (C=O) groups is 1. The zero-order chi connectivity index (χ0) is 21.2. The molecule has 1 fully saturated rings. The van der Waals surface area contributed by atoms with E-state index in [0.717, 1.165) is 37.0 Å². The van der Waals surface area contributed by atoms with E-state index in [9.17, 15) is 9.18 Å². The SMILES string of the molecule is O=C(NC[C@@H](c1ccc(F)cc1)N1CCOCC1)c1ccc2[nH]c3c(c2c1)CCCC3. The van der Waals surface area contributed by atoms with Crippen LogP contribution in [-0.2, 0) is 17.6 Å². The van der Waals surface area contributed by atoms with Crippen LogP contribution in [0.4, 0.5) is 4.39 Å². The van der Waals surface area contributed by atoms with Crippen LogP contribution in [0.1, 0.15) is 46.1 Å². The predicted molar refractivity (Wildman–Crippen MR) is 119 cm³/mol. The van der Waals surface area contributed by atoms with Crippen LogP contribution in [0.25, 0.3) is 10.9 Å². The van der Waals surface area contributed by atoms with E-state index >= 15 is 0 Å². The van der Waals surface area contributed by atoms with Gasteiger partial charge in [-0.15, -0.1) is 0 Å². The van der Waals surface area contributed by atoms with E-state index in [0.29, 0.717) is 25.3 Å². The normalized spacial score (nSPS) is 18.0. The first kappa shape index (κ1) is 20.2. The van der Waals surface area contributed by atoms with Crippen molar-refractivity contribution in [3.63, 3.8) is 0 Å². The van der Waals surface area contributed by atoms with Crippen molar-refractivity contribution in [3.8, 4) is 0 Å². The number of hydrogen-bond acceptors (Lipinski definition) is 3. The van der Waals surface area contributed by atoms with Crippen LogP contribution in [0.5, 0.6) is 0 Å². The number of ether oxygens (including phenoxy) is 1. The third-order valence-corrected chi connectivity index (χ3v) is 6.56. The summed E-state index contributed by atoms with van der Waals surface area (Å²) in [5.41, 5.74) is 5.48. The average Bonchev–Trinajstić information content (AvgIpc) is 3.19. The number of morpholine rings is 1. The summed E-state index contributed by atoms with van der Waals surface area (Å²) in [5, 5.41) is 4.29. The summed E-state index contributed by atoms with van der Waals surface area (Å²) in [5.74, 6) is -0.329. The van der Waals surface area contributed by atoms with E-state index in [-0.39, 0.29) is 17.8 Å². The highest BCUT2D eigenvalue weighted by Crippen LogP contribution is 2.30. The lowest BCUT2D eigenvalue weighted by molar-refractivity contribution is 0.0162. The molecular formula is C25H28FN3O2. The minimum atomic E-state index is -0.253. The van der Waals surface area contributed by atoms with E-state index in [1.807, 2.05) is 18.2 Å². The van der Waals surface area contributed by atoms with Crippen LogP contribution >= 0.6 is 0 Å². The van der Waals surface area contributed by atoms with E-state index in [1.54, 1.807) is 12.1 Å². The molecule has 1 atom stereocenters. The van der Waals surface area contributed by atoms with Gasteiger partial charge in [0.05, 0.1) is 19.3 Å². The van der Waals surface area contributed by atoms with Gasteiger partial charge in [-0.05, 0) is 67.1 Å². The fourth-order valence-corrected chi connectivity index (χ4v) is 4.87. The predicted octanol–water partition coefficient (Wildman–Crippen LogP) is 3.99. The van der Waals surface area contributed by atoms with Gasteiger partial charge in [0, 0.05) is 41.8 Å². The maximum atomic E-state index is 13.4. The van der Waals surface area contributed by atoms with E-state index in [4.69, 9.17) is 4.74 Å². The van der Waals surface area contributed by atoms with Gasteiger partial charge in [0.25, 0.3) is 5.91 Å². The first-order chi connectivity index (χ1) is 15.2. The lowest BCUT2D eigenvalue weighted by atomic mass is 9.95. The zero-order valence-corrected chi connectivity index (χ0v) is 17.6. The second-order valence-corrected chi connectivity index (χ2v) is 8.48. The molecule has 6 heteroatoms. The van der Waals surface area contributed by atoms with Gasteiger partial charge in [-0.3, -0.25) is 9.69 Å². The second kappa shape index (κ2) is 8.81. The second-order valence-electron chi connectivity index (χ2n) is 8.48. The van der Waals surface area contributed by atoms with Crippen LogP contribution in [0.3, 0.4) is 0 Å². The molecule has 162 valence electrons. The van der Waals surface area contributed by atoms with Crippen molar-refractivity contribution >= 4 is 16.8 Å². The van der Waals surface area contributed by atoms with Gasteiger partial charge in [-0.2, -0.15) is 0 Å². The Bertz CT molecular complexity index is 1070. The molecule has 0 saturated carbocycles. The van der Waals surface area contributed by atoms with Gasteiger partial charge in [0.1, 0.15) is 5.82 Å². The molecule has 3 aromatic rings. The minimum absolute atomic E-state index is 0.0165. The molecular weight excluding hydrogens is 393 g/mol. The summed E-state index contributed by atoms with van der Waals surface area (Å²) >= 11 is 0. The number of aryl methyl sites for hydroxylation is 2. The highest BCUT2D eigenvalue weighted by molar-refractivity contribution is 5.99. The molecule has 5 rings (SSSR count). The van der Waals surface area contributed by atoms with Crippen LogP contribution in [0.2, 0.25) is 0 Å². The molecule has 2 aliphatic rings. The molecule has 1 amide bonds. The topological polar surface area (TPSA) is 57.4 Å². The summed E-state index contributed by atoms with van der Waals surface area (Å²) in [6.07, 6.45) is 4.59. The average molecular weight is 422 g/mol. The Balaban J connectivity index is 1.35. The van der Waals surface area contributed by atoms with Gasteiger partial charge in [0.15, 0.2) is 0 Å². The number of carbonyl (C=O) groups excluding carboxylic acids is 1. The lowest BCUT2D eigenvalue weighted by Crippen LogP contribution is -2.43. The quantitative estimate of drug-likeness (QED) is 0.655. The first-order valence-electron chi connectivity index (χ1n) is 11.2. The van der Waals surface area contributed by atoms with Gasteiger partial charge < -0.3 is 15.0 Å². The van der Waals surface area contributed by atoms with Crippen molar-refractivity contribution in [2.24, 2.45) is 0 Å². The van der Waals surface area contributed by atoms with E-state index in [2.05, 4.69) is 15.2 Å². The maximum absolute atomic E-state index is 13.4. The fourth-order valence-electron chi connectivity index (χ4n) is 4.87. The van der Waals surface area contributed by atoms with Crippen LogP contribution in [0.15, 0.2) is 42.5 Å². The number of halogens is 1. The summed E-state index contributed by atoms with van der Waals surface area (Å²) in [6.45, 7) is 3.38. The summed E-state index contributed by atoms with van der Waals surface area (Å²) in [7, 11) is 0. The van der Waals surface area contributed by atoms with E-state index in [1.165, 1.54) is 41.6 Å². The van der Waals surface area contributed by atoms with Crippen LogP contribution in [0, 0.1) is 5.82 Å². The monoisotopic (exact) mass is 421 g/mol. The Morgan fingerprint density at radius 2 is 1.87 bits per heavy atom. The number of fused-ring (bicyclic) bond motifs is 3. The molecule has 2 aromatic carbocycles. The number of aromatic amines is 1. The Hall–Kier alpha value is -2.70. The molecule has 0 bridgehead atoms. The fraction of sp³-hybridized carbons (Fsp3) is 0.400. The first-order valence-corrected chi connectivity index (χ1v) is 11.2. The Kier molecular flexibility index (Phi) is 5.74. The zero-order valence-electron chi connectivity index (χ0n) is 17.6. The maximum Gasteiger partial charge on any atom is 0.251 e.